The summed E-state index contributed by atoms with van der Waals surface area (Å²) >= 11 is 0. The van der Waals surface area contributed by atoms with Crippen LogP contribution in [0.4, 0.5) is 0 Å². The number of rotatable bonds is 1. The molecule has 1 aliphatic heterocycles. The highest BCUT2D eigenvalue weighted by atomic mass is 16.1. The standard InChI is InChI=1S/C4H9N3O/c5-7-3-1-4(8)6-2-3/h3,7H,1-2,5H2,(H,6,8)/t3-/m1/s1. The molecule has 8 heavy (non-hydrogen) atoms. The fraction of sp³-hybridized carbons (Fsp3) is 0.750. The molecule has 0 radical (unpaired) electrons. The van der Waals surface area contributed by atoms with Crippen LogP contribution in [0.15, 0.2) is 0 Å². The molecule has 4 nitrogen and oxygen atoms in total. The lowest BCUT2D eigenvalue weighted by Crippen LogP contribution is -2.36. The van der Waals surface area contributed by atoms with Crippen molar-refractivity contribution in [3.63, 3.8) is 0 Å². The van der Waals surface area contributed by atoms with Crippen LogP contribution in [0.1, 0.15) is 6.42 Å². The number of hydrazine groups is 1. The summed E-state index contributed by atoms with van der Waals surface area (Å²) in [7, 11) is 0. The Morgan fingerprint density at radius 2 is 2.62 bits per heavy atom. The third kappa shape index (κ3) is 0.962. The van der Waals surface area contributed by atoms with Gasteiger partial charge in [0.2, 0.25) is 5.91 Å². The van der Waals surface area contributed by atoms with E-state index < -0.39 is 0 Å². The van der Waals surface area contributed by atoms with Crippen LogP contribution in [0.2, 0.25) is 0 Å². The van der Waals surface area contributed by atoms with Crippen LogP contribution >= 0.6 is 0 Å². The number of nitrogens with two attached hydrogens (primary N) is 1. The zero-order valence-corrected chi connectivity index (χ0v) is 4.48. The molecular formula is C4H9N3O. The van der Waals surface area contributed by atoms with Gasteiger partial charge in [0.05, 0.1) is 0 Å². The molecule has 1 saturated heterocycles. The fourth-order valence-corrected chi connectivity index (χ4v) is 0.723. The highest BCUT2D eigenvalue weighted by molar-refractivity contribution is 5.78. The normalized spacial score (nSPS) is 28.1. The molecule has 0 aliphatic carbocycles. The summed E-state index contributed by atoms with van der Waals surface area (Å²) in [5.74, 6) is 5.13. The summed E-state index contributed by atoms with van der Waals surface area (Å²) < 4.78 is 0. The molecule has 0 spiro atoms. The molecule has 1 amide bonds. The molecule has 1 rings (SSSR count). The van der Waals surface area contributed by atoms with Crippen LogP contribution in [-0.4, -0.2) is 18.5 Å². The van der Waals surface area contributed by atoms with Gasteiger partial charge < -0.3 is 5.32 Å². The monoisotopic (exact) mass is 115 g/mol. The van der Waals surface area contributed by atoms with Gasteiger partial charge in [0.1, 0.15) is 0 Å². The molecule has 1 aliphatic rings. The summed E-state index contributed by atoms with van der Waals surface area (Å²) in [6.07, 6.45) is 0.510. The zero-order chi connectivity index (χ0) is 5.98. The number of nitrogens with one attached hydrogen (secondary N) is 2. The van der Waals surface area contributed by atoms with E-state index in [0.29, 0.717) is 13.0 Å². The first-order valence-electron chi connectivity index (χ1n) is 2.56. The summed E-state index contributed by atoms with van der Waals surface area (Å²) in [6, 6.07) is 0.141. The van der Waals surface area contributed by atoms with Crippen molar-refractivity contribution in [1.82, 2.24) is 10.7 Å². The van der Waals surface area contributed by atoms with Gasteiger partial charge in [-0.25, -0.2) is 0 Å². The van der Waals surface area contributed by atoms with Crippen LogP contribution in [0.25, 0.3) is 0 Å². The Hall–Kier alpha value is -0.610. The first kappa shape index (κ1) is 5.53. The van der Waals surface area contributed by atoms with E-state index in [1.807, 2.05) is 0 Å². The Bertz CT molecular complexity index is 103. The second kappa shape index (κ2) is 2.11. The summed E-state index contributed by atoms with van der Waals surface area (Å²) in [5, 5.41) is 2.64. The number of amides is 1. The lowest BCUT2D eigenvalue weighted by atomic mass is 10.3. The van der Waals surface area contributed by atoms with E-state index in [2.05, 4.69) is 10.7 Å². The van der Waals surface area contributed by atoms with Crippen LogP contribution in [0.5, 0.6) is 0 Å². The van der Waals surface area contributed by atoms with Gasteiger partial charge in [0, 0.05) is 19.0 Å². The molecule has 0 bridgehead atoms. The molecule has 1 fully saturated rings. The minimum atomic E-state index is 0.0768. The first-order chi connectivity index (χ1) is 3.83. The Morgan fingerprint density at radius 1 is 1.88 bits per heavy atom. The summed E-state index contributed by atoms with van der Waals surface area (Å²) in [4.78, 5) is 10.4. The largest absolute Gasteiger partial charge is 0.354 e. The predicted molar refractivity (Wildman–Crippen MR) is 28.7 cm³/mol. The SMILES string of the molecule is NN[C@H]1CNC(=O)C1. The van der Waals surface area contributed by atoms with Gasteiger partial charge in [-0.05, 0) is 0 Å². The molecule has 0 aromatic heterocycles. The topological polar surface area (TPSA) is 67.2 Å². The van der Waals surface area contributed by atoms with Crippen molar-refractivity contribution in [2.75, 3.05) is 6.54 Å². The van der Waals surface area contributed by atoms with E-state index in [0.717, 1.165) is 0 Å². The molecule has 0 aromatic rings. The zero-order valence-electron chi connectivity index (χ0n) is 4.48. The molecule has 4 heteroatoms. The maximum absolute atomic E-state index is 10.4. The molecule has 0 unspecified atom stereocenters. The summed E-state index contributed by atoms with van der Waals surface area (Å²) in [5.41, 5.74) is 2.51. The highest BCUT2D eigenvalue weighted by Gasteiger charge is 2.18. The minimum absolute atomic E-state index is 0.0768. The van der Waals surface area contributed by atoms with Crippen LogP contribution in [0.3, 0.4) is 0 Å². The van der Waals surface area contributed by atoms with Gasteiger partial charge in [-0.3, -0.25) is 16.1 Å². The number of carbonyl (C=O) groups excluding carboxylic acids is 1. The number of hydrogen-bond acceptors (Lipinski definition) is 3. The van der Waals surface area contributed by atoms with Crippen molar-refractivity contribution in [2.45, 2.75) is 12.5 Å². The van der Waals surface area contributed by atoms with Gasteiger partial charge in [0.15, 0.2) is 0 Å². The fourth-order valence-electron chi connectivity index (χ4n) is 0.723. The highest BCUT2D eigenvalue weighted by Crippen LogP contribution is 1.95. The van der Waals surface area contributed by atoms with Crippen molar-refractivity contribution in [1.29, 1.82) is 0 Å². The van der Waals surface area contributed by atoms with Gasteiger partial charge in [0.25, 0.3) is 0 Å². The summed E-state index contributed by atoms with van der Waals surface area (Å²) in [6.45, 7) is 0.662. The van der Waals surface area contributed by atoms with E-state index >= 15 is 0 Å². The van der Waals surface area contributed by atoms with E-state index in [-0.39, 0.29) is 11.9 Å². The van der Waals surface area contributed by atoms with Gasteiger partial charge in [-0.1, -0.05) is 0 Å². The van der Waals surface area contributed by atoms with E-state index in [9.17, 15) is 4.79 Å². The smallest absolute Gasteiger partial charge is 0.221 e. The molecule has 1 heterocycles. The molecular weight excluding hydrogens is 106 g/mol. The van der Waals surface area contributed by atoms with Crippen molar-refractivity contribution < 1.29 is 4.79 Å². The molecule has 0 aromatic carbocycles. The second-order valence-corrected chi connectivity index (χ2v) is 1.87. The molecule has 4 N–H and O–H groups in total. The minimum Gasteiger partial charge on any atom is -0.354 e. The second-order valence-electron chi connectivity index (χ2n) is 1.87. The molecule has 0 saturated carbocycles. The van der Waals surface area contributed by atoms with E-state index in [4.69, 9.17) is 5.84 Å². The maximum atomic E-state index is 10.4. The third-order valence-electron chi connectivity index (χ3n) is 1.21. The maximum Gasteiger partial charge on any atom is 0.221 e. The van der Waals surface area contributed by atoms with Crippen molar-refractivity contribution in [2.24, 2.45) is 5.84 Å². The van der Waals surface area contributed by atoms with Crippen LogP contribution < -0.4 is 16.6 Å². The van der Waals surface area contributed by atoms with Gasteiger partial charge in [-0.2, -0.15) is 0 Å². The van der Waals surface area contributed by atoms with Crippen LogP contribution in [-0.2, 0) is 4.79 Å². The Labute approximate surface area is 47.4 Å². The van der Waals surface area contributed by atoms with Crippen molar-refractivity contribution in [3.05, 3.63) is 0 Å². The van der Waals surface area contributed by atoms with Gasteiger partial charge in [-0.15, -0.1) is 0 Å². The first-order valence-corrected chi connectivity index (χ1v) is 2.56. The lowest BCUT2D eigenvalue weighted by molar-refractivity contribution is -0.119. The Morgan fingerprint density at radius 3 is 2.88 bits per heavy atom. The number of hydrogen-bond donors (Lipinski definition) is 3. The Balaban J connectivity index is 2.32. The van der Waals surface area contributed by atoms with Crippen molar-refractivity contribution >= 4 is 5.91 Å². The Kier molecular flexibility index (Phi) is 1.45. The van der Waals surface area contributed by atoms with Crippen LogP contribution in [0, 0.1) is 0 Å². The average Bonchev–Trinajstić information content (AvgIpc) is 2.14. The lowest BCUT2D eigenvalue weighted by Gasteiger charge is -2.00. The van der Waals surface area contributed by atoms with E-state index in [1.165, 1.54) is 0 Å². The molecule has 46 valence electrons. The predicted octanol–water partition coefficient (Wildman–Crippen LogP) is -1.66. The number of carbonyl (C=O) groups is 1. The van der Waals surface area contributed by atoms with Crippen molar-refractivity contribution in [3.8, 4) is 0 Å². The van der Waals surface area contributed by atoms with E-state index in [1.54, 1.807) is 0 Å². The van der Waals surface area contributed by atoms with Gasteiger partial charge >= 0.3 is 0 Å². The quantitative estimate of drug-likeness (QED) is 0.283. The average molecular weight is 115 g/mol. The molecule has 1 atom stereocenters. The third-order valence-corrected chi connectivity index (χ3v) is 1.21.